The first-order valence-corrected chi connectivity index (χ1v) is 11.6. The first-order chi connectivity index (χ1) is 17.2. The second kappa shape index (κ2) is 10.7. The van der Waals surface area contributed by atoms with E-state index in [-0.39, 0.29) is 35.1 Å². The molecule has 2 aromatic carbocycles. The topological polar surface area (TPSA) is 126 Å². The summed E-state index contributed by atoms with van der Waals surface area (Å²) in [7, 11) is 0. The fraction of sp³-hybridized carbons (Fsp3) is 0.333. The van der Waals surface area contributed by atoms with Crippen LogP contribution in [0.25, 0.3) is 0 Å². The Balaban J connectivity index is 1.46. The Kier molecular flexibility index (Phi) is 7.62. The first-order valence-electron chi connectivity index (χ1n) is 11.2. The van der Waals surface area contributed by atoms with Crippen LogP contribution in [0, 0.1) is 5.82 Å². The average Bonchev–Trinajstić information content (AvgIpc) is 3.46. The third-order valence-electron chi connectivity index (χ3n) is 6.05. The normalized spacial score (nSPS) is 21.8. The number of aliphatic imine (C=N–C) groups is 1. The molecule has 1 unspecified atom stereocenters. The van der Waals surface area contributed by atoms with Crippen molar-refractivity contribution in [3.8, 4) is 0 Å². The summed E-state index contributed by atoms with van der Waals surface area (Å²) in [6.07, 6.45) is -0.400. The molecular weight excluding hydrogens is 496 g/mol. The summed E-state index contributed by atoms with van der Waals surface area (Å²) >= 11 is 5.94. The highest BCUT2D eigenvalue weighted by molar-refractivity contribution is 6.46. The predicted molar refractivity (Wildman–Crippen MR) is 129 cm³/mol. The minimum atomic E-state index is -1.91. The average molecular weight is 520 g/mol. The molecule has 1 saturated heterocycles. The summed E-state index contributed by atoms with van der Waals surface area (Å²) in [5.74, 6) is -2.68. The number of likely N-dealkylation sites (tertiary alicyclic amines) is 1. The van der Waals surface area contributed by atoms with Crippen molar-refractivity contribution in [2.75, 3.05) is 38.2 Å². The van der Waals surface area contributed by atoms with E-state index in [1.54, 1.807) is 0 Å². The molecular formula is C24H24ClF2N5O4. The monoisotopic (exact) mass is 519 g/mol. The van der Waals surface area contributed by atoms with Gasteiger partial charge >= 0.3 is 0 Å². The summed E-state index contributed by atoms with van der Waals surface area (Å²) in [6.45, 7) is 1.37. The molecule has 2 aliphatic heterocycles. The molecule has 190 valence electrons. The van der Waals surface area contributed by atoms with Crippen molar-refractivity contribution in [3.63, 3.8) is 0 Å². The van der Waals surface area contributed by atoms with Crippen LogP contribution in [0.4, 0.5) is 14.5 Å². The van der Waals surface area contributed by atoms with Crippen LogP contribution >= 0.6 is 11.6 Å². The van der Waals surface area contributed by atoms with Gasteiger partial charge in [0.15, 0.2) is 0 Å². The Labute approximate surface area is 210 Å². The van der Waals surface area contributed by atoms with E-state index in [1.807, 2.05) is 4.90 Å². The molecule has 9 nitrogen and oxygen atoms in total. The van der Waals surface area contributed by atoms with E-state index < -0.39 is 35.3 Å². The van der Waals surface area contributed by atoms with E-state index in [0.717, 1.165) is 12.1 Å². The van der Waals surface area contributed by atoms with Gasteiger partial charge in [-0.05, 0) is 42.3 Å². The molecule has 12 heteroatoms. The van der Waals surface area contributed by atoms with Crippen LogP contribution in [-0.2, 0) is 19.9 Å². The molecule has 0 spiro atoms. The fourth-order valence-corrected chi connectivity index (χ4v) is 4.47. The molecule has 0 aromatic heterocycles. The Bertz CT molecular complexity index is 1210. The maximum atomic E-state index is 13.3. The highest BCUT2D eigenvalue weighted by atomic mass is 35.5. The van der Waals surface area contributed by atoms with Gasteiger partial charge in [-0.2, -0.15) is 0 Å². The third kappa shape index (κ3) is 5.23. The largest absolute Gasteiger partial charge is 0.366 e. The maximum Gasteiger partial charge on any atom is 0.269 e. The van der Waals surface area contributed by atoms with Crippen LogP contribution in [0.15, 0.2) is 47.5 Å². The standard InChI is InChI=1S/C24H24ClF2N5O4/c25-19-11-15(26)3-6-18(19)21(33)31-17-4-1-14(2-5-17)24(23(28)35)20(30-13-36-24)22(34)29-8-10-32-9-7-16(27)12-32/h1-6,11,16H,7-10,12-13H2,(H2,28,35)(H,29,34)(H,31,33)/t16-,24?/m0/s1. The molecule has 0 radical (unpaired) electrons. The van der Waals surface area contributed by atoms with Crippen LogP contribution in [0.5, 0.6) is 0 Å². The Morgan fingerprint density at radius 2 is 1.94 bits per heavy atom. The lowest BCUT2D eigenvalue weighted by atomic mass is 9.87. The lowest BCUT2D eigenvalue weighted by Crippen LogP contribution is -2.53. The molecule has 2 aliphatic rings. The van der Waals surface area contributed by atoms with Crippen LogP contribution < -0.4 is 16.4 Å². The number of hydrogen-bond acceptors (Lipinski definition) is 6. The van der Waals surface area contributed by atoms with E-state index in [1.165, 1.54) is 30.3 Å². The lowest BCUT2D eigenvalue weighted by molar-refractivity contribution is -0.135. The maximum absolute atomic E-state index is 13.3. The smallest absolute Gasteiger partial charge is 0.269 e. The number of alkyl halides is 1. The molecule has 4 N–H and O–H groups in total. The van der Waals surface area contributed by atoms with Crippen molar-refractivity contribution in [1.29, 1.82) is 0 Å². The second-order valence-corrected chi connectivity index (χ2v) is 8.83. The van der Waals surface area contributed by atoms with Crippen LogP contribution in [0.2, 0.25) is 5.02 Å². The second-order valence-electron chi connectivity index (χ2n) is 8.42. The van der Waals surface area contributed by atoms with Crippen molar-refractivity contribution in [3.05, 3.63) is 64.4 Å². The summed E-state index contributed by atoms with van der Waals surface area (Å²) in [5, 5.41) is 5.27. The molecule has 0 aliphatic carbocycles. The van der Waals surface area contributed by atoms with Crippen LogP contribution in [0.3, 0.4) is 0 Å². The van der Waals surface area contributed by atoms with Crippen molar-refractivity contribution in [2.45, 2.75) is 18.2 Å². The van der Waals surface area contributed by atoms with Gasteiger partial charge in [-0.15, -0.1) is 0 Å². The highest BCUT2D eigenvalue weighted by Gasteiger charge is 2.51. The Morgan fingerprint density at radius 3 is 2.58 bits per heavy atom. The number of nitrogens with one attached hydrogen (secondary N) is 2. The Morgan fingerprint density at radius 1 is 1.19 bits per heavy atom. The fourth-order valence-electron chi connectivity index (χ4n) is 4.22. The molecule has 0 saturated carbocycles. The Hall–Kier alpha value is -3.41. The number of nitrogens with zero attached hydrogens (tertiary/aromatic N) is 2. The number of benzene rings is 2. The number of halogens is 3. The van der Waals surface area contributed by atoms with E-state index in [2.05, 4.69) is 15.6 Å². The van der Waals surface area contributed by atoms with Gasteiger partial charge in [-0.25, -0.2) is 8.78 Å². The number of carbonyl (C=O) groups excluding carboxylic acids is 3. The van der Waals surface area contributed by atoms with Gasteiger partial charge in [-0.1, -0.05) is 23.7 Å². The molecule has 4 rings (SSSR count). The number of nitrogens with two attached hydrogens (primary N) is 1. The van der Waals surface area contributed by atoms with Gasteiger partial charge in [0.2, 0.25) is 5.60 Å². The zero-order chi connectivity index (χ0) is 25.9. The van der Waals surface area contributed by atoms with Gasteiger partial charge < -0.3 is 21.1 Å². The number of carbonyl (C=O) groups is 3. The molecule has 36 heavy (non-hydrogen) atoms. The molecule has 2 aromatic rings. The molecule has 0 bridgehead atoms. The zero-order valence-corrected chi connectivity index (χ0v) is 19.9. The lowest BCUT2D eigenvalue weighted by Gasteiger charge is -2.27. The minimum Gasteiger partial charge on any atom is -0.366 e. The summed E-state index contributed by atoms with van der Waals surface area (Å²) in [4.78, 5) is 43.9. The summed E-state index contributed by atoms with van der Waals surface area (Å²) < 4.78 is 32.2. The number of amides is 3. The van der Waals surface area contributed by atoms with E-state index >= 15 is 0 Å². The summed E-state index contributed by atoms with van der Waals surface area (Å²) in [5.41, 5.74) is 4.25. The van der Waals surface area contributed by atoms with Crippen LogP contribution in [0.1, 0.15) is 22.3 Å². The first kappa shape index (κ1) is 25.7. The van der Waals surface area contributed by atoms with Gasteiger partial charge in [0.25, 0.3) is 17.7 Å². The molecule has 1 fully saturated rings. The van der Waals surface area contributed by atoms with Gasteiger partial charge in [0.05, 0.1) is 10.6 Å². The summed E-state index contributed by atoms with van der Waals surface area (Å²) in [6, 6.07) is 9.35. The predicted octanol–water partition coefficient (Wildman–Crippen LogP) is 2.00. The number of anilines is 1. The highest BCUT2D eigenvalue weighted by Crippen LogP contribution is 2.33. The zero-order valence-electron chi connectivity index (χ0n) is 19.1. The van der Waals surface area contributed by atoms with E-state index in [0.29, 0.717) is 31.7 Å². The number of primary amides is 1. The van der Waals surface area contributed by atoms with Crippen molar-refractivity contribution in [2.24, 2.45) is 10.7 Å². The van der Waals surface area contributed by atoms with Gasteiger partial charge in [0, 0.05) is 31.9 Å². The van der Waals surface area contributed by atoms with Gasteiger partial charge in [-0.3, -0.25) is 24.3 Å². The van der Waals surface area contributed by atoms with Crippen molar-refractivity contribution in [1.82, 2.24) is 10.2 Å². The number of hydrogen-bond donors (Lipinski definition) is 3. The van der Waals surface area contributed by atoms with E-state index in [9.17, 15) is 23.2 Å². The van der Waals surface area contributed by atoms with Crippen LogP contribution in [-0.4, -0.2) is 67.4 Å². The minimum absolute atomic E-state index is 0.0442. The quantitative estimate of drug-likeness (QED) is 0.492. The van der Waals surface area contributed by atoms with E-state index in [4.69, 9.17) is 22.1 Å². The third-order valence-corrected chi connectivity index (χ3v) is 6.37. The molecule has 2 heterocycles. The van der Waals surface area contributed by atoms with Gasteiger partial charge in [0.1, 0.15) is 24.4 Å². The molecule has 3 amide bonds. The number of ether oxygens (including phenoxy) is 1. The molecule has 2 atom stereocenters. The number of rotatable bonds is 8. The SMILES string of the molecule is NC(=O)C1(c2ccc(NC(=O)c3ccc(F)cc3Cl)cc2)OCN=C1C(=O)NCCN1CC[C@H](F)C1. The van der Waals surface area contributed by atoms with Crippen molar-refractivity contribution >= 4 is 40.7 Å². The van der Waals surface area contributed by atoms with Crippen molar-refractivity contribution < 1.29 is 27.9 Å².